The van der Waals surface area contributed by atoms with Gasteiger partial charge in [-0.15, -0.1) is 0 Å². The zero-order valence-electron chi connectivity index (χ0n) is 11.7. The molecule has 1 saturated carbocycles. The van der Waals surface area contributed by atoms with E-state index < -0.39 is 12.1 Å². The molecule has 2 aliphatic rings. The fourth-order valence-corrected chi connectivity index (χ4v) is 3.86. The van der Waals surface area contributed by atoms with Gasteiger partial charge in [0.05, 0.1) is 12.0 Å². The predicted molar refractivity (Wildman–Crippen MR) is 76.5 cm³/mol. The maximum absolute atomic E-state index is 11.3. The Labute approximate surface area is 119 Å². The van der Waals surface area contributed by atoms with Crippen LogP contribution >= 0.6 is 0 Å². The number of aliphatic hydroxyl groups is 1. The van der Waals surface area contributed by atoms with E-state index >= 15 is 0 Å². The van der Waals surface area contributed by atoms with E-state index in [-0.39, 0.29) is 11.8 Å². The molecule has 0 bridgehead atoms. The van der Waals surface area contributed by atoms with Gasteiger partial charge in [-0.05, 0) is 55.2 Å². The zero-order valence-corrected chi connectivity index (χ0v) is 11.7. The number of fused-ring (bicyclic) bond motifs is 1. The van der Waals surface area contributed by atoms with Gasteiger partial charge in [-0.2, -0.15) is 0 Å². The minimum Gasteiger partial charge on any atom is -0.481 e. The third kappa shape index (κ3) is 2.47. The van der Waals surface area contributed by atoms with Crippen molar-refractivity contribution in [2.75, 3.05) is 0 Å². The van der Waals surface area contributed by atoms with Crippen molar-refractivity contribution in [3.05, 3.63) is 34.9 Å². The van der Waals surface area contributed by atoms with Gasteiger partial charge in [0.1, 0.15) is 0 Å². The minimum atomic E-state index is -0.760. The molecule has 0 aliphatic heterocycles. The summed E-state index contributed by atoms with van der Waals surface area (Å²) in [5, 5.41) is 19.8. The number of carbonyl (C=O) groups is 1. The molecular weight excluding hydrogens is 252 g/mol. The van der Waals surface area contributed by atoms with E-state index in [1.54, 1.807) is 0 Å². The predicted octanol–water partition coefficient (Wildman–Crippen LogP) is 3.10. The lowest BCUT2D eigenvalue weighted by molar-refractivity contribution is -0.144. The Kier molecular flexibility index (Phi) is 3.79. The van der Waals surface area contributed by atoms with E-state index in [9.17, 15) is 15.0 Å². The Hall–Kier alpha value is -1.35. The molecule has 0 heterocycles. The summed E-state index contributed by atoms with van der Waals surface area (Å²) in [4.78, 5) is 11.3. The normalized spacial score (nSPS) is 27.1. The number of hydrogen-bond donors (Lipinski definition) is 2. The first-order valence-electron chi connectivity index (χ1n) is 7.69. The van der Waals surface area contributed by atoms with Crippen LogP contribution in [0.1, 0.15) is 54.9 Å². The number of hydrogen-bond acceptors (Lipinski definition) is 2. The Bertz CT molecular complexity index is 509. The molecule has 0 saturated heterocycles. The van der Waals surface area contributed by atoms with Gasteiger partial charge in [-0.25, -0.2) is 0 Å². The third-order valence-corrected chi connectivity index (χ3v) is 5.01. The number of aliphatic carboxylic acids is 1. The Morgan fingerprint density at radius 2 is 1.85 bits per heavy atom. The first-order chi connectivity index (χ1) is 9.66. The maximum Gasteiger partial charge on any atom is 0.306 e. The minimum absolute atomic E-state index is 0.130. The smallest absolute Gasteiger partial charge is 0.306 e. The van der Waals surface area contributed by atoms with Crippen molar-refractivity contribution in [3.63, 3.8) is 0 Å². The molecule has 3 nitrogen and oxygen atoms in total. The van der Waals surface area contributed by atoms with Gasteiger partial charge in [0, 0.05) is 5.92 Å². The van der Waals surface area contributed by atoms with Crippen molar-refractivity contribution < 1.29 is 15.0 Å². The fourth-order valence-electron chi connectivity index (χ4n) is 3.86. The Morgan fingerprint density at radius 3 is 2.60 bits per heavy atom. The van der Waals surface area contributed by atoms with E-state index in [1.165, 1.54) is 24.0 Å². The van der Waals surface area contributed by atoms with E-state index in [2.05, 4.69) is 12.1 Å². The van der Waals surface area contributed by atoms with Crippen molar-refractivity contribution in [1.82, 2.24) is 0 Å². The second-order valence-corrected chi connectivity index (χ2v) is 6.22. The van der Waals surface area contributed by atoms with Crippen LogP contribution in [0, 0.1) is 11.8 Å². The summed E-state index contributed by atoms with van der Waals surface area (Å²) in [6, 6.07) is 6.22. The van der Waals surface area contributed by atoms with E-state index in [4.69, 9.17) is 0 Å². The third-order valence-electron chi connectivity index (χ3n) is 5.01. The number of aliphatic hydroxyl groups excluding tert-OH is 1. The Balaban J connectivity index is 1.83. The topological polar surface area (TPSA) is 57.5 Å². The first kappa shape index (κ1) is 13.6. The SMILES string of the molecule is O=C(O)C1CCCC1C(O)c1ccc2c(c1)CCCC2. The van der Waals surface area contributed by atoms with Gasteiger partial charge < -0.3 is 10.2 Å². The van der Waals surface area contributed by atoms with Crippen LogP contribution in [0.4, 0.5) is 0 Å². The van der Waals surface area contributed by atoms with E-state index in [1.807, 2.05) is 6.07 Å². The largest absolute Gasteiger partial charge is 0.481 e. The molecule has 0 aromatic heterocycles. The van der Waals surface area contributed by atoms with Crippen molar-refractivity contribution in [2.24, 2.45) is 11.8 Å². The van der Waals surface area contributed by atoms with Gasteiger partial charge in [-0.3, -0.25) is 4.79 Å². The molecule has 2 aliphatic carbocycles. The summed E-state index contributed by atoms with van der Waals surface area (Å²) in [6.07, 6.45) is 6.47. The summed E-state index contributed by atoms with van der Waals surface area (Å²) < 4.78 is 0. The standard InChI is InChI=1S/C17H22O3/c18-16(14-6-3-7-15(14)17(19)20)13-9-8-11-4-1-2-5-12(11)10-13/h8-10,14-16,18H,1-7H2,(H,19,20). The molecule has 1 fully saturated rings. The molecule has 3 heteroatoms. The summed E-state index contributed by atoms with van der Waals surface area (Å²) in [5.74, 6) is -1.28. The summed E-state index contributed by atoms with van der Waals surface area (Å²) in [7, 11) is 0. The highest BCUT2D eigenvalue weighted by molar-refractivity contribution is 5.70. The van der Waals surface area contributed by atoms with Gasteiger partial charge in [-0.1, -0.05) is 24.6 Å². The zero-order chi connectivity index (χ0) is 14.1. The van der Waals surface area contributed by atoms with Crippen LogP contribution in [-0.4, -0.2) is 16.2 Å². The molecule has 3 atom stereocenters. The molecular formula is C17H22O3. The van der Waals surface area contributed by atoms with Crippen LogP contribution in [-0.2, 0) is 17.6 Å². The van der Waals surface area contributed by atoms with E-state index in [0.717, 1.165) is 31.2 Å². The molecule has 2 N–H and O–H groups in total. The molecule has 3 unspecified atom stereocenters. The molecule has 20 heavy (non-hydrogen) atoms. The lowest BCUT2D eigenvalue weighted by Gasteiger charge is -2.24. The van der Waals surface area contributed by atoms with E-state index in [0.29, 0.717) is 6.42 Å². The lowest BCUT2D eigenvalue weighted by atomic mass is 9.84. The van der Waals surface area contributed by atoms with Crippen molar-refractivity contribution in [1.29, 1.82) is 0 Å². The monoisotopic (exact) mass is 274 g/mol. The highest BCUT2D eigenvalue weighted by atomic mass is 16.4. The molecule has 108 valence electrons. The quantitative estimate of drug-likeness (QED) is 0.890. The van der Waals surface area contributed by atoms with Crippen LogP contribution < -0.4 is 0 Å². The molecule has 1 aromatic rings. The van der Waals surface area contributed by atoms with Gasteiger partial charge in [0.25, 0.3) is 0 Å². The van der Waals surface area contributed by atoms with Crippen LogP contribution in [0.3, 0.4) is 0 Å². The summed E-state index contributed by atoms with van der Waals surface area (Å²) >= 11 is 0. The maximum atomic E-state index is 11.3. The van der Waals surface area contributed by atoms with Gasteiger partial charge >= 0.3 is 5.97 Å². The number of aryl methyl sites for hydroxylation is 2. The first-order valence-corrected chi connectivity index (χ1v) is 7.69. The van der Waals surface area contributed by atoms with Crippen LogP contribution in [0.5, 0.6) is 0 Å². The molecule has 3 rings (SSSR count). The second kappa shape index (κ2) is 5.57. The van der Waals surface area contributed by atoms with Crippen LogP contribution in [0.25, 0.3) is 0 Å². The summed E-state index contributed by atoms with van der Waals surface area (Å²) in [6.45, 7) is 0. The van der Waals surface area contributed by atoms with Crippen molar-refractivity contribution >= 4 is 5.97 Å². The molecule has 0 spiro atoms. The molecule has 1 aromatic carbocycles. The highest BCUT2D eigenvalue weighted by Crippen LogP contribution is 2.41. The van der Waals surface area contributed by atoms with Crippen molar-refractivity contribution in [2.45, 2.75) is 51.0 Å². The second-order valence-electron chi connectivity index (χ2n) is 6.22. The van der Waals surface area contributed by atoms with Gasteiger partial charge in [0.15, 0.2) is 0 Å². The van der Waals surface area contributed by atoms with Crippen molar-refractivity contribution in [3.8, 4) is 0 Å². The average molecular weight is 274 g/mol. The van der Waals surface area contributed by atoms with Gasteiger partial charge in [0.2, 0.25) is 0 Å². The molecule has 0 radical (unpaired) electrons. The average Bonchev–Trinajstić information content (AvgIpc) is 2.95. The van der Waals surface area contributed by atoms with Crippen LogP contribution in [0.2, 0.25) is 0 Å². The lowest BCUT2D eigenvalue weighted by Crippen LogP contribution is -2.24. The Morgan fingerprint density at radius 1 is 1.10 bits per heavy atom. The summed E-state index contributed by atoms with van der Waals surface area (Å²) in [5.41, 5.74) is 3.65. The highest BCUT2D eigenvalue weighted by Gasteiger charge is 2.38. The number of benzene rings is 1. The molecule has 0 amide bonds. The number of rotatable bonds is 3. The van der Waals surface area contributed by atoms with Crippen LogP contribution in [0.15, 0.2) is 18.2 Å². The number of carboxylic acid groups (broad SMARTS) is 1. The fraction of sp³-hybridized carbons (Fsp3) is 0.588. The number of carboxylic acids is 1.